The van der Waals surface area contributed by atoms with Gasteiger partial charge in [0.2, 0.25) is 0 Å². The second-order valence-electron chi connectivity index (χ2n) is 3.59. The van der Waals surface area contributed by atoms with E-state index in [2.05, 4.69) is 4.99 Å². The lowest BCUT2D eigenvalue weighted by atomic mass is 10.2. The molecule has 0 atom stereocenters. The van der Waals surface area contributed by atoms with Gasteiger partial charge < -0.3 is 10.5 Å². The minimum atomic E-state index is 0.250. The van der Waals surface area contributed by atoms with Crippen LogP contribution in [0.4, 0.5) is 5.69 Å². The van der Waals surface area contributed by atoms with E-state index in [9.17, 15) is 0 Å². The van der Waals surface area contributed by atoms with Crippen molar-refractivity contribution < 1.29 is 4.74 Å². The number of rotatable bonds is 4. The average molecular weight is 206 g/mol. The van der Waals surface area contributed by atoms with Gasteiger partial charge in [-0.2, -0.15) is 0 Å². The van der Waals surface area contributed by atoms with Crippen LogP contribution in [0.5, 0.6) is 5.75 Å². The molecule has 0 aliphatic carbocycles. The first-order valence-corrected chi connectivity index (χ1v) is 5.21. The maximum Gasteiger partial charge on any atom is 0.144 e. The third kappa shape index (κ3) is 3.27. The fourth-order valence-electron chi connectivity index (χ4n) is 1.10. The zero-order chi connectivity index (χ0) is 11.3. The van der Waals surface area contributed by atoms with Crippen molar-refractivity contribution in [2.75, 3.05) is 6.61 Å². The SMILES string of the molecule is CCOc1ccccc1N=C(N)C(C)C. The summed E-state index contributed by atoms with van der Waals surface area (Å²) in [7, 11) is 0. The van der Waals surface area contributed by atoms with Gasteiger partial charge in [0.25, 0.3) is 0 Å². The number of para-hydroxylation sites is 2. The molecule has 0 aliphatic heterocycles. The van der Waals surface area contributed by atoms with Crippen molar-refractivity contribution >= 4 is 11.5 Å². The van der Waals surface area contributed by atoms with Crippen molar-refractivity contribution in [2.24, 2.45) is 16.6 Å². The van der Waals surface area contributed by atoms with Crippen LogP contribution in [0.15, 0.2) is 29.3 Å². The summed E-state index contributed by atoms with van der Waals surface area (Å²) in [5, 5.41) is 0. The number of hydrogen-bond donors (Lipinski definition) is 1. The van der Waals surface area contributed by atoms with Gasteiger partial charge in [-0.25, -0.2) is 4.99 Å². The average Bonchev–Trinajstić information content (AvgIpc) is 2.21. The quantitative estimate of drug-likeness (QED) is 0.608. The second-order valence-corrected chi connectivity index (χ2v) is 3.59. The van der Waals surface area contributed by atoms with Gasteiger partial charge in [-0.05, 0) is 19.1 Å². The smallest absolute Gasteiger partial charge is 0.144 e. The molecule has 0 aromatic heterocycles. The van der Waals surface area contributed by atoms with Crippen molar-refractivity contribution in [1.29, 1.82) is 0 Å². The molecule has 2 N–H and O–H groups in total. The molecule has 1 aromatic carbocycles. The number of nitrogens with two attached hydrogens (primary N) is 1. The predicted molar refractivity (Wildman–Crippen MR) is 63.7 cm³/mol. The first-order chi connectivity index (χ1) is 7.15. The van der Waals surface area contributed by atoms with Crippen LogP contribution in [-0.4, -0.2) is 12.4 Å². The molecule has 0 bridgehead atoms. The number of nitrogens with zero attached hydrogens (tertiary/aromatic N) is 1. The summed E-state index contributed by atoms with van der Waals surface area (Å²) in [6, 6.07) is 7.65. The molecule has 3 nitrogen and oxygen atoms in total. The summed E-state index contributed by atoms with van der Waals surface area (Å²) in [4.78, 5) is 4.35. The molecule has 0 unspecified atom stereocenters. The van der Waals surface area contributed by atoms with Crippen molar-refractivity contribution in [3.63, 3.8) is 0 Å². The normalized spacial score (nSPS) is 11.9. The molecule has 0 fully saturated rings. The Morgan fingerprint density at radius 2 is 2.07 bits per heavy atom. The summed E-state index contributed by atoms with van der Waals surface area (Å²) in [5.74, 6) is 1.66. The summed E-state index contributed by atoms with van der Waals surface area (Å²) in [6.45, 7) is 6.62. The van der Waals surface area contributed by atoms with Crippen molar-refractivity contribution in [1.82, 2.24) is 0 Å². The van der Waals surface area contributed by atoms with E-state index in [1.165, 1.54) is 0 Å². The Hall–Kier alpha value is -1.51. The van der Waals surface area contributed by atoms with E-state index in [0.717, 1.165) is 11.4 Å². The van der Waals surface area contributed by atoms with E-state index in [-0.39, 0.29) is 5.92 Å². The van der Waals surface area contributed by atoms with Crippen LogP contribution in [0.3, 0.4) is 0 Å². The number of ether oxygens (including phenoxy) is 1. The van der Waals surface area contributed by atoms with E-state index in [1.807, 2.05) is 45.0 Å². The molecular weight excluding hydrogens is 188 g/mol. The number of aliphatic imine (C=N–C) groups is 1. The predicted octanol–water partition coefficient (Wildman–Crippen LogP) is 2.73. The Morgan fingerprint density at radius 1 is 1.40 bits per heavy atom. The fraction of sp³-hybridized carbons (Fsp3) is 0.417. The van der Waals surface area contributed by atoms with Crippen LogP contribution in [0.1, 0.15) is 20.8 Å². The maximum atomic E-state index is 5.81. The molecule has 82 valence electrons. The maximum absolute atomic E-state index is 5.81. The van der Waals surface area contributed by atoms with Crippen molar-refractivity contribution in [3.8, 4) is 5.75 Å². The highest BCUT2D eigenvalue weighted by Gasteiger charge is 2.03. The van der Waals surface area contributed by atoms with E-state index < -0.39 is 0 Å². The summed E-state index contributed by atoms with van der Waals surface area (Å²) < 4.78 is 5.45. The molecule has 1 rings (SSSR count). The minimum absolute atomic E-state index is 0.250. The lowest BCUT2D eigenvalue weighted by molar-refractivity contribution is 0.341. The molecule has 0 aliphatic rings. The Balaban J connectivity index is 2.98. The van der Waals surface area contributed by atoms with Gasteiger partial charge in [-0.3, -0.25) is 0 Å². The van der Waals surface area contributed by atoms with Crippen LogP contribution in [0.25, 0.3) is 0 Å². The van der Waals surface area contributed by atoms with Crippen LogP contribution in [-0.2, 0) is 0 Å². The molecule has 0 amide bonds. The highest BCUT2D eigenvalue weighted by atomic mass is 16.5. The first-order valence-electron chi connectivity index (χ1n) is 5.21. The topological polar surface area (TPSA) is 47.6 Å². The molecular formula is C12H18N2O. The first kappa shape index (κ1) is 11.6. The highest BCUT2D eigenvalue weighted by molar-refractivity contribution is 5.85. The van der Waals surface area contributed by atoms with E-state index in [0.29, 0.717) is 12.4 Å². The molecule has 15 heavy (non-hydrogen) atoms. The lowest BCUT2D eigenvalue weighted by Crippen LogP contribution is -2.18. The fourth-order valence-corrected chi connectivity index (χ4v) is 1.10. The third-order valence-electron chi connectivity index (χ3n) is 2.01. The van der Waals surface area contributed by atoms with E-state index >= 15 is 0 Å². The van der Waals surface area contributed by atoms with Crippen LogP contribution in [0, 0.1) is 5.92 Å². The van der Waals surface area contributed by atoms with Gasteiger partial charge >= 0.3 is 0 Å². The number of hydrogen-bond acceptors (Lipinski definition) is 2. The van der Waals surface area contributed by atoms with Crippen molar-refractivity contribution in [3.05, 3.63) is 24.3 Å². The van der Waals surface area contributed by atoms with Gasteiger partial charge in [0.05, 0.1) is 6.61 Å². The highest BCUT2D eigenvalue weighted by Crippen LogP contribution is 2.27. The van der Waals surface area contributed by atoms with Crippen LogP contribution in [0.2, 0.25) is 0 Å². The zero-order valence-corrected chi connectivity index (χ0v) is 9.53. The van der Waals surface area contributed by atoms with Gasteiger partial charge in [-0.1, -0.05) is 26.0 Å². The minimum Gasteiger partial charge on any atom is -0.492 e. The lowest BCUT2D eigenvalue weighted by Gasteiger charge is -2.08. The summed E-state index contributed by atoms with van der Waals surface area (Å²) in [6.07, 6.45) is 0. The monoisotopic (exact) mass is 206 g/mol. The molecule has 0 saturated carbocycles. The number of benzene rings is 1. The molecule has 0 saturated heterocycles. The van der Waals surface area contributed by atoms with Crippen LogP contribution < -0.4 is 10.5 Å². The Labute approximate surface area is 91.0 Å². The van der Waals surface area contributed by atoms with Gasteiger partial charge in [0.15, 0.2) is 0 Å². The van der Waals surface area contributed by atoms with Gasteiger partial charge in [-0.15, -0.1) is 0 Å². The third-order valence-corrected chi connectivity index (χ3v) is 2.01. The molecule has 0 spiro atoms. The van der Waals surface area contributed by atoms with E-state index in [4.69, 9.17) is 10.5 Å². The summed E-state index contributed by atoms with van der Waals surface area (Å²) >= 11 is 0. The van der Waals surface area contributed by atoms with Crippen LogP contribution >= 0.6 is 0 Å². The standard InChI is InChI=1S/C12H18N2O/c1-4-15-11-8-6-5-7-10(11)14-12(13)9(2)3/h5-9H,4H2,1-3H3,(H2,13,14). The molecule has 0 radical (unpaired) electrons. The van der Waals surface area contributed by atoms with Crippen molar-refractivity contribution in [2.45, 2.75) is 20.8 Å². The Bertz CT molecular complexity index is 345. The van der Waals surface area contributed by atoms with E-state index in [1.54, 1.807) is 0 Å². The van der Waals surface area contributed by atoms with Gasteiger partial charge in [0, 0.05) is 5.92 Å². The zero-order valence-electron chi connectivity index (χ0n) is 9.53. The molecule has 3 heteroatoms. The molecule has 0 heterocycles. The largest absolute Gasteiger partial charge is 0.492 e. The second kappa shape index (κ2) is 5.39. The number of amidine groups is 1. The Morgan fingerprint density at radius 3 is 2.67 bits per heavy atom. The molecule has 1 aromatic rings. The Kier molecular flexibility index (Phi) is 4.16. The summed E-state index contributed by atoms with van der Waals surface area (Å²) in [5.41, 5.74) is 6.60. The van der Waals surface area contributed by atoms with Gasteiger partial charge in [0.1, 0.15) is 17.3 Å².